The van der Waals surface area contributed by atoms with Gasteiger partial charge in [0.1, 0.15) is 0 Å². The van der Waals surface area contributed by atoms with Gasteiger partial charge in [0.25, 0.3) is 0 Å². The summed E-state index contributed by atoms with van der Waals surface area (Å²) in [4.78, 5) is 0. The molecule has 0 heteroatoms. The molecule has 0 saturated heterocycles. The highest BCUT2D eigenvalue weighted by Crippen LogP contribution is 2.56. The van der Waals surface area contributed by atoms with Crippen molar-refractivity contribution in [3.05, 3.63) is 82.5 Å². The standard InChI is InChI=1S/C30H40/c1-24-14-11-12-15-26-23-27(26)18-19-29(25(2)22-24)30(20-13-21-30)28-16-9-7-5-3-4-6-8-10-17-28/h9,11-12,14-16,18-19,22,28H,3-8,10,13,17,20-21,23H2,1-2H3. The Hall–Kier alpha value is -1.82. The maximum atomic E-state index is 2.63. The van der Waals surface area contributed by atoms with Crippen molar-refractivity contribution in [2.75, 3.05) is 0 Å². The van der Waals surface area contributed by atoms with Gasteiger partial charge in [-0.05, 0) is 80.6 Å². The lowest BCUT2D eigenvalue weighted by molar-refractivity contribution is 0.117. The van der Waals surface area contributed by atoms with Crippen LogP contribution in [-0.4, -0.2) is 0 Å². The van der Waals surface area contributed by atoms with Gasteiger partial charge in [-0.15, -0.1) is 0 Å². The molecule has 0 aromatic rings. The van der Waals surface area contributed by atoms with Crippen LogP contribution < -0.4 is 0 Å². The fourth-order valence-electron chi connectivity index (χ4n) is 5.76. The summed E-state index contributed by atoms with van der Waals surface area (Å²) in [5.74, 6) is 0.698. The molecule has 0 nitrogen and oxygen atoms in total. The van der Waals surface area contributed by atoms with Gasteiger partial charge in [0.2, 0.25) is 0 Å². The van der Waals surface area contributed by atoms with E-state index in [9.17, 15) is 0 Å². The Labute approximate surface area is 184 Å². The highest BCUT2D eigenvalue weighted by molar-refractivity contribution is 5.54. The average Bonchev–Trinajstić information content (AvgIpc) is 3.44. The molecule has 0 amide bonds. The Bertz CT molecular complexity index is 829. The molecule has 4 aliphatic rings. The first-order valence-corrected chi connectivity index (χ1v) is 12.5. The molecular formula is C30H40. The predicted molar refractivity (Wildman–Crippen MR) is 131 cm³/mol. The van der Waals surface area contributed by atoms with Crippen LogP contribution in [0.25, 0.3) is 0 Å². The van der Waals surface area contributed by atoms with Gasteiger partial charge in [-0.3, -0.25) is 0 Å². The third-order valence-corrected chi connectivity index (χ3v) is 7.75. The first-order valence-electron chi connectivity index (χ1n) is 12.5. The van der Waals surface area contributed by atoms with Crippen LogP contribution in [0.1, 0.15) is 90.9 Å². The van der Waals surface area contributed by atoms with Crippen molar-refractivity contribution in [2.45, 2.75) is 90.9 Å². The van der Waals surface area contributed by atoms with Crippen LogP contribution >= 0.6 is 0 Å². The van der Waals surface area contributed by atoms with Gasteiger partial charge in [-0.25, -0.2) is 0 Å². The van der Waals surface area contributed by atoms with E-state index in [1.807, 2.05) is 0 Å². The quantitative estimate of drug-likeness (QED) is 0.405. The minimum atomic E-state index is 0.348. The summed E-state index contributed by atoms with van der Waals surface area (Å²) >= 11 is 0. The molecule has 0 radical (unpaired) electrons. The third kappa shape index (κ3) is 5.08. The topological polar surface area (TPSA) is 0 Å². The Morgan fingerprint density at radius 1 is 0.767 bits per heavy atom. The highest BCUT2D eigenvalue weighted by Gasteiger charge is 2.45. The summed E-state index contributed by atoms with van der Waals surface area (Å²) in [6.45, 7) is 4.60. The minimum absolute atomic E-state index is 0.348. The van der Waals surface area contributed by atoms with Crippen LogP contribution in [0.3, 0.4) is 0 Å². The molecule has 30 heavy (non-hydrogen) atoms. The van der Waals surface area contributed by atoms with Gasteiger partial charge >= 0.3 is 0 Å². The van der Waals surface area contributed by atoms with E-state index >= 15 is 0 Å². The van der Waals surface area contributed by atoms with E-state index in [1.165, 1.54) is 92.9 Å². The van der Waals surface area contributed by atoms with Crippen LogP contribution in [-0.2, 0) is 0 Å². The minimum Gasteiger partial charge on any atom is -0.0882 e. The van der Waals surface area contributed by atoms with Crippen molar-refractivity contribution in [3.8, 4) is 0 Å². The van der Waals surface area contributed by atoms with Gasteiger partial charge in [-0.1, -0.05) is 98.8 Å². The van der Waals surface area contributed by atoms with Crippen LogP contribution in [0.5, 0.6) is 0 Å². The number of hydrogen-bond acceptors (Lipinski definition) is 0. The van der Waals surface area contributed by atoms with Gasteiger partial charge in [0, 0.05) is 5.41 Å². The molecule has 1 atom stereocenters. The number of rotatable bonds is 2. The summed E-state index contributed by atoms with van der Waals surface area (Å²) < 4.78 is 0. The molecule has 0 N–H and O–H groups in total. The molecule has 0 aromatic carbocycles. The van der Waals surface area contributed by atoms with Crippen molar-refractivity contribution in [2.24, 2.45) is 11.3 Å². The molecule has 4 aliphatic carbocycles. The number of allylic oxidation sites excluding steroid dienone is 14. The normalized spacial score (nSPS) is 27.4. The Kier molecular flexibility index (Phi) is 7.13. The van der Waals surface area contributed by atoms with E-state index < -0.39 is 0 Å². The Morgan fingerprint density at radius 2 is 1.50 bits per heavy atom. The van der Waals surface area contributed by atoms with Crippen LogP contribution in [0, 0.1) is 11.3 Å². The summed E-state index contributed by atoms with van der Waals surface area (Å²) in [6.07, 6.45) is 37.8. The first kappa shape index (κ1) is 21.4. The molecule has 0 spiro atoms. The third-order valence-electron chi connectivity index (χ3n) is 7.75. The van der Waals surface area contributed by atoms with E-state index in [0.717, 1.165) is 6.42 Å². The largest absolute Gasteiger partial charge is 0.0882 e. The SMILES string of the molecule is CC1=CC(C)=C(C2(C3C=CCCCCCCCC3)CCC2)C=CC2=C(C=CC=C1)C2. The van der Waals surface area contributed by atoms with E-state index in [2.05, 4.69) is 68.5 Å². The van der Waals surface area contributed by atoms with Crippen LogP contribution in [0.4, 0.5) is 0 Å². The van der Waals surface area contributed by atoms with Gasteiger partial charge < -0.3 is 0 Å². The monoisotopic (exact) mass is 400 g/mol. The fraction of sp³-hybridized carbons (Fsp3) is 0.533. The smallest absolute Gasteiger partial charge is 0.00183 e. The average molecular weight is 401 g/mol. The maximum Gasteiger partial charge on any atom is 0.00183 e. The van der Waals surface area contributed by atoms with Crippen molar-refractivity contribution >= 4 is 0 Å². The van der Waals surface area contributed by atoms with Crippen LogP contribution in [0.15, 0.2) is 82.5 Å². The summed E-state index contributed by atoms with van der Waals surface area (Å²) in [6, 6.07) is 0. The second-order valence-electron chi connectivity index (χ2n) is 10.0. The van der Waals surface area contributed by atoms with Gasteiger partial charge in [-0.2, -0.15) is 0 Å². The van der Waals surface area contributed by atoms with E-state index in [4.69, 9.17) is 0 Å². The first-order chi connectivity index (χ1) is 14.7. The van der Waals surface area contributed by atoms with Gasteiger partial charge in [0.15, 0.2) is 0 Å². The lowest BCUT2D eigenvalue weighted by Crippen LogP contribution is -2.38. The molecule has 1 unspecified atom stereocenters. The molecule has 0 aliphatic heterocycles. The van der Waals surface area contributed by atoms with Crippen molar-refractivity contribution < 1.29 is 0 Å². The molecule has 0 bridgehead atoms. The zero-order valence-corrected chi connectivity index (χ0v) is 19.3. The summed E-state index contributed by atoms with van der Waals surface area (Å²) in [5, 5.41) is 0. The second-order valence-corrected chi connectivity index (χ2v) is 10.0. The zero-order chi connectivity index (χ0) is 20.8. The lowest BCUT2D eigenvalue weighted by Gasteiger charge is -2.49. The lowest BCUT2D eigenvalue weighted by atomic mass is 9.55. The van der Waals surface area contributed by atoms with Crippen molar-refractivity contribution in [1.29, 1.82) is 0 Å². The molecule has 1 fully saturated rings. The zero-order valence-electron chi connectivity index (χ0n) is 19.3. The molecule has 1 saturated carbocycles. The molecule has 0 aromatic heterocycles. The maximum absolute atomic E-state index is 2.63. The highest BCUT2D eigenvalue weighted by atomic mass is 14.5. The molecule has 160 valence electrons. The molecule has 0 heterocycles. The predicted octanol–water partition coefficient (Wildman–Crippen LogP) is 9.11. The van der Waals surface area contributed by atoms with Crippen molar-refractivity contribution in [3.63, 3.8) is 0 Å². The summed E-state index contributed by atoms with van der Waals surface area (Å²) in [5.41, 5.74) is 7.83. The van der Waals surface area contributed by atoms with Crippen LogP contribution in [0.2, 0.25) is 0 Å². The Morgan fingerprint density at radius 3 is 2.30 bits per heavy atom. The van der Waals surface area contributed by atoms with E-state index in [-0.39, 0.29) is 0 Å². The fourth-order valence-corrected chi connectivity index (χ4v) is 5.76. The van der Waals surface area contributed by atoms with Gasteiger partial charge in [0.05, 0.1) is 0 Å². The Balaban J connectivity index is 1.70. The second kappa shape index (κ2) is 9.99. The van der Waals surface area contributed by atoms with E-state index in [1.54, 1.807) is 5.57 Å². The molecular weight excluding hydrogens is 360 g/mol. The number of hydrogen-bond donors (Lipinski definition) is 0. The van der Waals surface area contributed by atoms with E-state index in [0.29, 0.717) is 11.3 Å². The molecule has 4 rings (SSSR count). The summed E-state index contributed by atoms with van der Waals surface area (Å²) in [7, 11) is 0. The van der Waals surface area contributed by atoms with Crippen molar-refractivity contribution in [1.82, 2.24) is 0 Å².